The van der Waals surface area contributed by atoms with Crippen molar-refractivity contribution < 1.29 is 13.5 Å². The molecule has 0 aliphatic carbocycles. The van der Waals surface area contributed by atoms with E-state index in [9.17, 15) is 13.5 Å². The largest absolute Gasteiger partial charge is 0.390 e. The Morgan fingerprint density at radius 2 is 1.97 bits per heavy atom. The summed E-state index contributed by atoms with van der Waals surface area (Å²) in [6.45, 7) is 7.30. The molecule has 0 radical (unpaired) electrons. The maximum absolute atomic E-state index is 12.7. The minimum absolute atomic E-state index is 0.131. The first kappa shape index (κ1) is 22.4. The summed E-state index contributed by atoms with van der Waals surface area (Å²) in [4.78, 5) is 10.0. The molecule has 2 aromatic heterocycles. The van der Waals surface area contributed by atoms with E-state index in [1.165, 1.54) is 11.3 Å². The number of aromatic nitrogens is 2. The zero-order valence-corrected chi connectivity index (χ0v) is 19.1. The van der Waals surface area contributed by atoms with Gasteiger partial charge in [0.15, 0.2) is 5.82 Å². The van der Waals surface area contributed by atoms with Gasteiger partial charge >= 0.3 is 0 Å². The molecule has 0 aliphatic heterocycles. The lowest BCUT2D eigenvalue weighted by atomic mass is 10.1. The van der Waals surface area contributed by atoms with Crippen molar-refractivity contribution in [2.24, 2.45) is 0 Å². The first-order valence-electron chi connectivity index (χ1n) is 9.47. The Labute approximate surface area is 181 Å². The first-order chi connectivity index (χ1) is 14.0. The second-order valence-corrected chi connectivity index (χ2v) is 10.6. The summed E-state index contributed by atoms with van der Waals surface area (Å²) in [5, 5.41) is 11.8. The SMILES string of the molecule is Cc1csc(-c2nc(-c3cc(S(=O)(=O)NCCC(C)(C)O)ccc3C)cnc2N)c1. The predicted octanol–water partition coefficient (Wildman–Crippen LogP) is 3.51. The molecular formula is C21H26N4O3S2. The third-order valence-corrected chi connectivity index (χ3v) is 7.10. The second kappa shape index (κ2) is 8.43. The summed E-state index contributed by atoms with van der Waals surface area (Å²) < 4.78 is 28.0. The first-order valence-corrected chi connectivity index (χ1v) is 11.8. The summed E-state index contributed by atoms with van der Waals surface area (Å²) >= 11 is 1.53. The van der Waals surface area contributed by atoms with Crippen LogP contribution in [0.2, 0.25) is 0 Å². The number of nitrogens with one attached hydrogen (secondary N) is 1. The lowest BCUT2D eigenvalue weighted by molar-refractivity contribution is 0.0728. The van der Waals surface area contributed by atoms with Crippen molar-refractivity contribution in [2.45, 2.75) is 44.6 Å². The number of aryl methyl sites for hydroxylation is 2. The number of aliphatic hydroxyl groups is 1. The third kappa shape index (κ3) is 5.23. The highest BCUT2D eigenvalue weighted by atomic mass is 32.2. The molecule has 2 heterocycles. The molecule has 0 unspecified atom stereocenters. The molecule has 0 aliphatic rings. The van der Waals surface area contributed by atoms with Gasteiger partial charge in [0.25, 0.3) is 0 Å². The van der Waals surface area contributed by atoms with Crippen LogP contribution in [-0.4, -0.2) is 35.6 Å². The van der Waals surface area contributed by atoms with Crippen LogP contribution in [0.5, 0.6) is 0 Å². The predicted molar refractivity (Wildman–Crippen MR) is 121 cm³/mol. The molecule has 4 N–H and O–H groups in total. The highest BCUT2D eigenvalue weighted by molar-refractivity contribution is 7.89. The van der Waals surface area contributed by atoms with E-state index in [1.807, 2.05) is 25.3 Å². The molecule has 9 heteroatoms. The molecule has 0 amide bonds. The molecule has 0 atom stereocenters. The number of hydrogen-bond donors (Lipinski definition) is 3. The summed E-state index contributed by atoms with van der Waals surface area (Å²) in [5.74, 6) is 0.329. The highest BCUT2D eigenvalue weighted by Crippen LogP contribution is 2.32. The number of hydrogen-bond acceptors (Lipinski definition) is 7. The van der Waals surface area contributed by atoms with Crippen LogP contribution in [0.3, 0.4) is 0 Å². The minimum atomic E-state index is -3.73. The Balaban J connectivity index is 1.96. The molecule has 0 fully saturated rings. The fraction of sp³-hybridized carbons (Fsp3) is 0.333. The van der Waals surface area contributed by atoms with Crippen LogP contribution in [0.25, 0.3) is 21.8 Å². The van der Waals surface area contributed by atoms with Crippen LogP contribution in [0.15, 0.2) is 40.7 Å². The van der Waals surface area contributed by atoms with Gasteiger partial charge in [-0.3, -0.25) is 0 Å². The van der Waals surface area contributed by atoms with E-state index in [4.69, 9.17) is 5.73 Å². The van der Waals surface area contributed by atoms with Gasteiger partial charge in [0.05, 0.1) is 27.3 Å². The van der Waals surface area contributed by atoms with E-state index >= 15 is 0 Å². The zero-order valence-electron chi connectivity index (χ0n) is 17.4. The molecule has 0 spiro atoms. The smallest absolute Gasteiger partial charge is 0.240 e. The van der Waals surface area contributed by atoms with Crippen LogP contribution in [0.1, 0.15) is 31.4 Å². The Bertz CT molecular complexity index is 1170. The maximum atomic E-state index is 12.7. The lowest BCUT2D eigenvalue weighted by Crippen LogP contribution is -2.30. The normalized spacial score (nSPS) is 12.3. The molecule has 1 aromatic carbocycles. The van der Waals surface area contributed by atoms with Gasteiger partial charge in [0, 0.05) is 12.1 Å². The van der Waals surface area contributed by atoms with Gasteiger partial charge in [0.2, 0.25) is 10.0 Å². The van der Waals surface area contributed by atoms with Crippen LogP contribution < -0.4 is 10.5 Å². The molecule has 30 heavy (non-hydrogen) atoms. The fourth-order valence-electron chi connectivity index (χ4n) is 2.88. The van der Waals surface area contributed by atoms with Gasteiger partial charge < -0.3 is 10.8 Å². The number of rotatable bonds is 7. The van der Waals surface area contributed by atoms with Gasteiger partial charge in [-0.1, -0.05) is 6.07 Å². The van der Waals surface area contributed by atoms with Gasteiger partial charge in [-0.2, -0.15) is 0 Å². The van der Waals surface area contributed by atoms with Crippen molar-refractivity contribution in [3.63, 3.8) is 0 Å². The summed E-state index contributed by atoms with van der Waals surface area (Å²) in [7, 11) is -3.73. The van der Waals surface area contributed by atoms with Crippen LogP contribution in [0, 0.1) is 13.8 Å². The van der Waals surface area contributed by atoms with Crippen molar-refractivity contribution in [1.29, 1.82) is 0 Å². The molecule has 160 valence electrons. The molecule has 0 saturated carbocycles. The van der Waals surface area contributed by atoms with E-state index in [0.717, 1.165) is 16.0 Å². The van der Waals surface area contributed by atoms with Crippen LogP contribution >= 0.6 is 11.3 Å². The summed E-state index contributed by atoms with van der Waals surface area (Å²) in [6.07, 6.45) is 1.86. The lowest BCUT2D eigenvalue weighted by Gasteiger charge is -2.17. The summed E-state index contributed by atoms with van der Waals surface area (Å²) in [5.41, 5.74) is 8.89. The summed E-state index contributed by atoms with van der Waals surface area (Å²) in [6, 6.07) is 6.88. The molecule has 3 rings (SSSR count). The van der Waals surface area contributed by atoms with Crippen molar-refractivity contribution in [3.05, 3.63) is 47.0 Å². The Kier molecular flexibility index (Phi) is 6.28. The number of benzene rings is 1. The number of nitrogens with zero attached hydrogens (tertiary/aromatic N) is 2. The average Bonchev–Trinajstić information content (AvgIpc) is 3.07. The van der Waals surface area contributed by atoms with Crippen LogP contribution in [-0.2, 0) is 10.0 Å². The highest BCUT2D eigenvalue weighted by Gasteiger charge is 2.19. The molecule has 0 saturated heterocycles. The molecule has 7 nitrogen and oxygen atoms in total. The Morgan fingerprint density at radius 1 is 1.23 bits per heavy atom. The Hall–Kier alpha value is -2.33. The molecule has 3 aromatic rings. The number of nitrogens with two attached hydrogens (primary N) is 1. The third-order valence-electron chi connectivity index (χ3n) is 4.59. The van der Waals surface area contributed by atoms with Gasteiger partial charge in [-0.05, 0) is 68.8 Å². The van der Waals surface area contributed by atoms with E-state index < -0.39 is 15.6 Å². The maximum Gasteiger partial charge on any atom is 0.240 e. The zero-order chi connectivity index (χ0) is 22.1. The molecular weight excluding hydrogens is 420 g/mol. The van der Waals surface area contributed by atoms with Gasteiger partial charge in [-0.15, -0.1) is 11.3 Å². The number of thiophene rings is 1. The van der Waals surface area contributed by atoms with Crippen molar-refractivity contribution >= 4 is 27.2 Å². The van der Waals surface area contributed by atoms with E-state index in [2.05, 4.69) is 14.7 Å². The number of nitrogen functional groups attached to an aromatic ring is 1. The van der Waals surface area contributed by atoms with E-state index in [1.54, 1.807) is 38.2 Å². The van der Waals surface area contributed by atoms with Crippen molar-refractivity contribution in [1.82, 2.24) is 14.7 Å². The fourth-order valence-corrected chi connectivity index (χ4v) is 4.84. The number of anilines is 1. The van der Waals surface area contributed by atoms with E-state index in [-0.39, 0.29) is 11.4 Å². The van der Waals surface area contributed by atoms with E-state index in [0.29, 0.717) is 29.2 Å². The van der Waals surface area contributed by atoms with Crippen molar-refractivity contribution in [2.75, 3.05) is 12.3 Å². The van der Waals surface area contributed by atoms with Gasteiger partial charge in [0.1, 0.15) is 5.69 Å². The second-order valence-electron chi connectivity index (χ2n) is 7.91. The monoisotopic (exact) mass is 446 g/mol. The van der Waals surface area contributed by atoms with Gasteiger partial charge in [-0.25, -0.2) is 23.1 Å². The number of sulfonamides is 1. The Morgan fingerprint density at radius 3 is 2.60 bits per heavy atom. The van der Waals surface area contributed by atoms with Crippen molar-refractivity contribution in [3.8, 4) is 21.8 Å². The quantitative estimate of drug-likeness (QED) is 0.511. The average molecular weight is 447 g/mol. The molecule has 0 bridgehead atoms. The topological polar surface area (TPSA) is 118 Å². The minimum Gasteiger partial charge on any atom is -0.390 e. The standard InChI is InChI=1S/C21H26N4O3S2/c1-13-9-18(29-12-13)19-20(22)23-11-17(25-19)16-10-15(6-5-14(16)2)30(27,28)24-8-7-21(3,4)26/h5-6,9-12,24,26H,7-8H2,1-4H3,(H2,22,23). The van der Waals surface area contributed by atoms with Crippen LogP contribution in [0.4, 0.5) is 5.82 Å².